The SMILES string of the molecule is O=c1[nH]c(CN2CCN(S(=O)(=O)Cc3ccccc3)CC2)nc2scc(-c3ccccc3)c12. The summed E-state index contributed by atoms with van der Waals surface area (Å²) in [6.07, 6.45) is 0. The minimum absolute atomic E-state index is 0.0154. The van der Waals surface area contributed by atoms with E-state index in [0.29, 0.717) is 43.9 Å². The van der Waals surface area contributed by atoms with Crippen molar-refractivity contribution in [1.29, 1.82) is 0 Å². The third kappa shape index (κ3) is 4.77. The molecule has 0 saturated carbocycles. The maximum absolute atomic E-state index is 12.9. The molecule has 2 aromatic carbocycles. The van der Waals surface area contributed by atoms with Crippen molar-refractivity contribution < 1.29 is 8.42 Å². The minimum atomic E-state index is -3.36. The number of piperazine rings is 1. The van der Waals surface area contributed by atoms with Gasteiger partial charge in [-0.3, -0.25) is 9.69 Å². The third-order valence-corrected chi connectivity index (χ3v) is 8.59. The van der Waals surface area contributed by atoms with Gasteiger partial charge in [-0.05, 0) is 11.1 Å². The van der Waals surface area contributed by atoms with Gasteiger partial charge in [0.15, 0.2) is 0 Å². The normalized spacial score (nSPS) is 15.8. The molecule has 3 heterocycles. The van der Waals surface area contributed by atoms with E-state index in [1.165, 1.54) is 11.3 Å². The molecule has 1 N–H and O–H groups in total. The Balaban J connectivity index is 1.26. The molecule has 0 spiro atoms. The molecule has 9 heteroatoms. The highest BCUT2D eigenvalue weighted by molar-refractivity contribution is 7.88. The Morgan fingerprint density at radius 1 is 0.939 bits per heavy atom. The summed E-state index contributed by atoms with van der Waals surface area (Å²) in [5.41, 5.74) is 2.55. The van der Waals surface area contributed by atoms with E-state index in [-0.39, 0.29) is 11.3 Å². The van der Waals surface area contributed by atoms with Crippen LogP contribution in [0.5, 0.6) is 0 Å². The summed E-state index contributed by atoms with van der Waals surface area (Å²) in [6.45, 7) is 2.53. The first-order valence-corrected chi connectivity index (χ1v) is 13.3. The summed E-state index contributed by atoms with van der Waals surface area (Å²) in [6, 6.07) is 19.1. The van der Waals surface area contributed by atoms with E-state index in [9.17, 15) is 13.2 Å². The minimum Gasteiger partial charge on any atom is -0.309 e. The molecule has 2 aromatic heterocycles. The third-order valence-electron chi connectivity index (χ3n) is 5.87. The van der Waals surface area contributed by atoms with E-state index in [2.05, 4.69) is 14.9 Å². The molecule has 0 bridgehead atoms. The monoisotopic (exact) mass is 480 g/mol. The number of sulfonamides is 1. The summed E-state index contributed by atoms with van der Waals surface area (Å²) in [5, 5.41) is 2.59. The topological polar surface area (TPSA) is 86.4 Å². The lowest BCUT2D eigenvalue weighted by molar-refractivity contribution is 0.178. The largest absolute Gasteiger partial charge is 0.309 e. The fourth-order valence-corrected chi connectivity index (χ4v) is 6.64. The predicted molar refractivity (Wildman–Crippen MR) is 132 cm³/mol. The Morgan fingerprint density at radius 2 is 1.61 bits per heavy atom. The van der Waals surface area contributed by atoms with Crippen LogP contribution in [0.3, 0.4) is 0 Å². The van der Waals surface area contributed by atoms with Gasteiger partial charge in [-0.1, -0.05) is 60.7 Å². The van der Waals surface area contributed by atoms with E-state index in [1.54, 1.807) is 4.31 Å². The van der Waals surface area contributed by atoms with Crippen molar-refractivity contribution in [2.24, 2.45) is 0 Å². The van der Waals surface area contributed by atoms with Gasteiger partial charge in [0.2, 0.25) is 10.0 Å². The van der Waals surface area contributed by atoms with Gasteiger partial charge in [-0.25, -0.2) is 13.4 Å². The van der Waals surface area contributed by atoms with Crippen LogP contribution in [0, 0.1) is 0 Å². The maximum atomic E-state index is 12.9. The zero-order valence-corrected chi connectivity index (χ0v) is 19.6. The second-order valence-corrected chi connectivity index (χ2v) is 11.0. The fraction of sp³-hybridized carbons (Fsp3) is 0.250. The number of hydrogen-bond acceptors (Lipinski definition) is 6. The van der Waals surface area contributed by atoms with Crippen LogP contribution in [0.1, 0.15) is 11.4 Å². The Hall–Kier alpha value is -2.85. The predicted octanol–water partition coefficient (Wildman–Crippen LogP) is 3.30. The number of rotatable bonds is 6. The maximum Gasteiger partial charge on any atom is 0.260 e. The highest BCUT2D eigenvalue weighted by atomic mass is 32.2. The zero-order valence-electron chi connectivity index (χ0n) is 18.0. The molecule has 1 aliphatic rings. The van der Waals surface area contributed by atoms with E-state index >= 15 is 0 Å². The van der Waals surface area contributed by atoms with E-state index in [4.69, 9.17) is 0 Å². The lowest BCUT2D eigenvalue weighted by Gasteiger charge is -2.33. The molecule has 1 aliphatic heterocycles. The van der Waals surface area contributed by atoms with Gasteiger partial charge in [0, 0.05) is 37.1 Å². The molecule has 4 aromatic rings. The van der Waals surface area contributed by atoms with Gasteiger partial charge in [0.1, 0.15) is 10.7 Å². The summed E-state index contributed by atoms with van der Waals surface area (Å²) in [4.78, 5) is 23.3. The van der Waals surface area contributed by atoms with E-state index in [1.807, 2.05) is 66.0 Å². The first kappa shape index (κ1) is 22.0. The molecule has 0 radical (unpaired) electrons. The summed E-state index contributed by atoms with van der Waals surface area (Å²) in [5.74, 6) is 0.621. The van der Waals surface area contributed by atoms with Gasteiger partial charge >= 0.3 is 0 Å². The Kier molecular flexibility index (Phi) is 6.11. The quantitative estimate of drug-likeness (QED) is 0.458. The molecule has 7 nitrogen and oxygen atoms in total. The highest BCUT2D eigenvalue weighted by Gasteiger charge is 2.27. The van der Waals surface area contributed by atoms with Crippen molar-refractivity contribution in [2.75, 3.05) is 26.2 Å². The van der Waals surface area contributed by atoms with Crippen molar-refractivity contribution in [3.05, 3.63) is 87.8 Å². The molecule has 0 amide bonds. The first-order valence-electron chi connectivity index (χ1n) is 10.8. The average molecular weight is 481 g/mol. The smallest absolute Gasteiger partial charge is 0.260 e. The number of thiophene rings is 1. The Labute approximate surface area is 196 Å². The summed E-state index contributed by atoms with van der Waals surface area (Å²) >= 11 is 1.47. The average Bonchev–Trinajstić information content (AvgIpc) is 3.25. The number of aromatic amines is 1. The van der Waals surface area contributed by atoms with Gasteiger partial charge in [0.05, 0.1) is 17.7 Å². The number of aromatic nitrogens is 2. The van der Waals surface area contributed by atoms with Gasteiger partial charge in [-0.15, -0.1) is 11.3 Å². The van der Waals surface area contributed by atoms with Crippen LogP contribution in [0.25, 0.3) is 21.3 Å². The van der Waals surface area contributed by atoms with Crippen LogP contribution >= 0.6 is 11.3 Å². The Morgan fingerprint density at radius 3 is 2.30 bits per heavy atom. The lowest BCUT2D eigenvalue weighted by atomic mass is 10.1. The molecular formula is C24H24N4O3S2. The van der Waals surface area contributed by atoms with Gasteiger partial charge in [0.25, 0.3) is 5.56 Å². The number of fused-ring (bicyclic) bond motifs is 1. The standard InChI is InChI=1S/C24H24N4O3S2/c29-23-22-20(19-9-5-2-6-10-19)16-32-24(22)26-21(25-23)15-27-11-13-28(14-12-27)33(30,31)17-18-7-3-1-4-8-18/h1-10,16H,11-15,17H2,(H,25,26,29). The van der Waals surface area contributed by atoms with Crippen molar-refractivity contribution in [1.82, 2.24) is 19.2 Å². The van der Waals surface area contributed by atoms with E-state index in [0.717, 1.165) is 21.5 Å². The van der Waals surface area contributed by atoms with Crippen LogP contribution in [-0.2, 0) is 22.3 Å². The van der Waals surface area contributed by atoms with Crippen LogP contribution in [0.2, 0.25) is 0 Å². The summed E-state index contributed by atoms with van der Waals surface area (Å²) in [7, 11) is -3.36. The second kappa shape index (κ2) is 9.18. The molecule has 5 rings (SSSR count). The number of H-pyrrole nitrogens is 1. The van der Waals surface area contributed by atoms with Crippen LogP contribution in [0.4, 0.5) is 0 Å². The number of hydrogen-bond donors (Lipinski definition) is 1. The first-order chi connectivity index (χ1) is 16.0. The van der Waals surface area contributed by atoms with Crippen LogP contribution < -0.4 is 5.56 Å². The van der Waals surface area contributed by atoms with Gasteiger partial charge < -0.3 is 4.98 Å². The van der Waals surface area contributed by atoms with Crippen molar-refractivity contribution >= 4 is 31.6 Å². The van der Waals surface area contributed by atoms with E-state index < -0.39 is 10.0 Å². The molecule has 33 heavy (non-hydrogen) atoms. The molecule has 0 aliphatic carbocycles. The van der Waals surface area contributed by atoms with Crippen LogP contribution in [0.15, 0.2) is 70.8 Å². The number of nitrogens with zero attached hydrogens (tertiary/aromatic N) is 3. The van der Waals surface area contributed by atoms with Crippen molar-refractivity contribution in [3.8, 4) is 11.1 Å². The van der Waals surface area contributed by atoms with Crippen LogP contribution in [-0.4, -0.2) is 53.8 Å². The second-order valence-electron chi connectivity index (χ2n) is 8.13. The molecule has 0 unspecified atom stereocenters. The highest BCUT2D eigenvalue weighted by Crippen LogP contribution is 2.30. The zero-order chi connectivity index (χ0) is 22.8. The van der Waals surface area contributed by atoms with Gasteiger partial charge in [-0.2, -0.15) is 4.31 Å². The van der Waals surface area contributed by atoms with Crippen molar-refractivity contribution in [3.63, 3.8) is 0 Å². The molecule has 170 valence electrons. The Bertz CT molecular complexity index is 1410. The summed E-state index contributed by atoms with van der Waals surface area (Å²) < 4.78 is 27.1. The number of benzene rings is 2. The number of nitrogens with one attached hydrogen (secondary N) is 1. The molecule has 1 saturated heterocycles. The lowest BCUT2D eigenvalue weighted by Crippen LogP contribution is -2.48. The molecular weight excluding hydrogens is 456 g/mol. The van der Waals surface area contributed by atoms with Crippen molar-refractivity contribution in [2.45, 2.75) is 12.3 Å². The molecule has 0 atom stereocenters. The molecule has 1 fully saturated rings. The fourth-order valence-electron chi connectivity index (χ4n) is 4.15.